The third-order valence-electron chi connectivity index (χ3n) is 2.45. The average molecular weight is 239 g/mol. The quantitative estimate of drug-likeness (QED) is 0.833. The summed E-state index contributed by atoms with van der Waals surface area (Å²) in [5.74, 6) is 0.604. The number of hydrogen-bond acceptors (Lipinski definition) is 3. The van der Waals surface area contributed by atoms with Crippen molar-refractivity contribution in [1.29, 1.82) is 0 Å². The van der Waals surface area contributed by atoms with Gasteiger partial charge in [0.1, 0.15) is 10.8 Å². The van der Waals surface area contributed by atoms with Crippen LogP contribution in [0.5, 0.6) is 0 Å². The molecule has 0 fully saturated rings. The molecule has 1 N–H and O–H groups in total. The minimum atomic E-state index is 0.510. The van der Waals surface area contributed by atoms with Crippen LogP contribution in [-0.2, 0) is 6.54 Å². The van der Waals surface area contributed by atoms with E-state index in [4.69, 9.17) is 11.6 Å². The van der Waals surface area contributed by atoms with Crippen molar-refractivity contribution in [3.63, 3.8) is 0 Å². The molecule has 0 saturated heterocycles. The normalized spacial score (nSPS) is 10.9. The monoisotopic (exact) mass is 238 g/mol. The van der Waals surface area contributed by atoms with Crippen molar-refractivity contribution in [2.75, 3.05) is 11.9 Å². The molecule has 4 nitrogen and oxygen atoms in total. The first-order valence-electron chi connectivity index (χ1n) is 5.52. The summed E-state index contributed by atoms with van der Waals surface area (Å²) in [6, 6.07) is 1.95. The topological polar surface area (TPSA) is 42.7 Å². The van der Waals surface area contributed by atoms with E-state index in [1.54, 1.807) is 0 Å². The highest BCUT2D eigenvalue weighted by atomic mass is 35.5. The number of aromatic nitrogens is 3. The largest absolute Gasteiger partial charge is 0.354 e. The predicted molar refractivity (Wildman–Crippen MR) is 67.0 cm³/mol. The molecule has 0 aliphatic carbocycles. The molecule has 5 heteroatoms. The first-order valence-corrected chi connectivity index (χ1v) is 5.90. The van der Waals surface area contributed by atoms with Gasteiger partial charge in [0.05, 0.1) is 5.39 Å². The predicted octanol–water partition coefficient (Wildman–Crippen LogP) is 2.93. The number of fused-ring (bicyclic) bond motifs is 1. The van der Waals surface area contributed by atoms with Crippen molar-refractivity contribution in [2.45, 2.75) is 26.8 Å². The molecule has 0 radical (unpaired) electrons. The summed E-state index contributed by atoms with van der Waals surface area (Å²) < 4.78 is 2.06. The average Bonchev–Trinajstić information content (AvgIpc) is 2.69. The molecule has 0 amide bonds. The van der Waals surface area contributed by atoms with Crippen molar-refractivity contribution in [3.8, 4) is 0 Å². The summed E-state index contributed by atoms with van der Waals surface area (Å²) in [6.07, 6.45) is 3.02. The molecule has 0 saturated carbocycles. The van der Waals surface area contributed by atoms with Gasteiger partial charge in [0.2, 0.25) is 5.95 Å². The maximum Gasteiger partial charge on any atom is 0.226 e. The van der Waals surface area contributed by atoms with E-state index < -0.39 is 0 Å². The van der Waals surface area contributed by atoms with Crippen LogP contribution >= 0.6 is 11.6 Å². The Balaban J connectivity index is 2.46. The first kappa shape index (κ1) is 11.2. The maximum atomic E-state index is 6.11. The van der Waals surface area contributed by atoms with E-state index in [9.17, 15) is 0 Å². The highest BCUT2D eigenvalue weighted by Crippen LogP contribution is 2.22. The van der Waals surface area contributed by atoms with Crippen LogP contribution in [0.1, 0.15) is 20.3 Å². The SMILES string of the molecule is CCCNc1nc(Cl)c2ccn(CC)c2n1. The van der Waals surface area contributed by atoms with Gasteiger partial charge in [-0.25, -0.2) is 4.98 Å². The van der Waals surface area contributed by atoms with Crippen LogP contribution in [0.4, 0.5) is 5.95 Å². The Kier molecular flexibility index (Phi) is 3.29. The summed E-state index contributed by atoms with van der Waals surface area (Å²) >= 11 is 6.11. The van der Waals surface area contributed by atoms with Crippen molar-refractivity contribution in [1.82, 2.24) is 14.5 Å². The maximum absolute atomic E-state index is 6.11. The van der Waals surface area contributed by atoms with Gasteiger partial charge in [-0.2, -0.15) is 4.98 Å². The highest BCUT2D eigenvalue weighted by molar-refractivity contribution is 6.34. The summed E-state index contributed by atoms with van der Waals surface area (Å²) in [7, 11) is 0. The fraction of sp³-hybridized carbons (Fsp3) is 0.455. The third kappa shape index (κ3) is 1.97. The van der Waals surface area contributed by atoms with Gasteiger partial charge in [-0.15, -0.1) is 0 Å². The molecule has 0 aromatic carbocycles. The number of hydrogen-bond donors (Lipinski definition) is 1. The van der Waals surface area contributed by atoms with E-state index in [-0.39, 0.29) is 0 Å². The lowest BCUT2D eigenvalue weighted by Gasteiger charge is -2.05. The van der Waals surface area contributed by atoms with Crippen molar-refractivity contribution >= 4 is 28.6 Å². The number of anilines is 1. The molecule has 2 heterocycles. The second-order valence-electron chi connectivity index (χ2n) is 3.60. The van der Waals surface area contributed by atoms with Crippen LogP contribution < -0.4 is 5.32 Å². The zero-order valence-electron chi connectivity index (χ0n) is 9.50. The second-order valence-corrected chi connectivity index (χ2v) is 3.96. The lowest BCUT2D eigenvalue weighted by atomic mass is 10.4. The molecule has 0 aliphatic rings. The molecular formula is C11H15ClN4. The van der Waals surface area contributed by atoms with E-state index in [0.717, 1.165) is 30.5 Å². The van der Waals surface area contributed by atoms with E-state index in [1.165, 1.54) is 0 Å². The molecular weight excluding hydrogens is 224 g/mol. The highest BCUT2D eigenvalue weighted by Gasteiger charge is 2.08. The van der Waals surface area contributed by atoms with Gasteiger partial charge >= 0.3 is 0 Å². The number of nitrogens with one attached hydrogen (secondary N) is 1. The molecule has 2 aromatic rings. The zero-order chi connectivity index (χ0) is 11.5. The molecule has 2 rings (SSSR count). The van der Waals surface area contributed by atoms with E-state index in [0.29, 0.717) is 11.1 Å². The first-order chi connectivity index (χ1) is 7.76. The number of halogens is 1. The number of nitrogens with zero attached hydrogens (tertiary/aromatic N) is 3. The molecule has 0 aliphatic heterocycles. The Morgan fingerprint density at radius 1 is 1.38 bits per heavy atom. The standard InChI is InChI=1S/C11H15ClN4/c1-3-6-13-11-14-9(12)8-5-7-16(4-2)10(8)15-11/h5,7H,3-4,6H2,1-2H3,(H,13,14,15). The van der Waals surface area contributed by atoms with Crippen molar-refractivity contribution in [2.24, 2.45) is 0 Å². The van der Waals surface area contributed by atoms with E-state index in [2.05, 4.69) is 33.7 Å². The van der Waals surface area contributed by atoms with E-state index >= 15 is 0 Å². The Morgan fingerprint density at radius 3 is 2.88 bits per heavy atom. The van der Waals surface area contributed by atoms with E-state index in [1.807, 2.05) is 12.3 Å². The fourth-order valence-electron chi connectivity index (χ4n) is 1.60. The molecule has 0 unspecified atom stereocenters. The summed E-state index contributed by atoms with van der Waals surface area (Å²) in [6.45, 7) is 5.91. The minimum absolute atomic E-state index is 0.510. The summed E-state index contributed by atoms with van der Waals surface area (Å²) in [5.41, 5.74) is 0.890. The second kappa shape index (κ2) is 4.70. The molecule has 0 bridgehead atoms. The molecule has 2 aromatic heterocycles. The zero-order valence-corrected chi connectivity index (χ0v) is 10.3. The fourth-order valence-corrected chi connectivity index (χ4v) is 1.83. The molecule has 0 atom stereocenters. The lowest BCUT2D eigenvalue weighted by Crippen LogP contribution is -2.05. The van der Waals surface area contributed by atoms with Gasteiger partial charge in [0, 0.05) is 19.3 Å². The number of aryl methyl sites for hydroxylation is 1. The Labute approximate surface area is 99.6 Å². The summed E-state index contributed by atoms with van der Waals surface area (Å²) in [4.78, 5) is 8.68. The van der Waals surface area contributed by atoms with Gasteiger partial charge < -0.3 is 9.88 Å². The van der Waals surface area contributed by atoms with Crippen LogP contribution in [-0.4, -0.2) is 21.1 Å². The third-order valence-corrected chi connectivity index (χ3v) is 2.73. The summed E-state index contributed by atoms with van der Waals surface area (Å²) in [5, 5.41) is 4.57. The smallest absolute Gasteiger partial charge is 0.226 e. The molecule has 0 spiro atoms. The Morgan fingerprint density at radius 2 is 2.19 bits per heavy atom. The molecule has 86 valence electrons. The van der Waals surface area contributed by atoms with Crippen molar-refractivity contribution in [3.05, 3.63) is 17.4 Å². The molecule has 16 heavy (non-hydrogen) atoms. The Bertz CT molecular complexity index is 492. The number of rotatable bonds is 4. The van der Waals surface area contributed by atoms with Gasteiger partial charge in [-0.3, -0.25) is 0 Å². The van der Waals surface area contributed by atoms with Gasteiger partial charge in [-0.1, -0.05) is 18.5 Å². The van der Waals surface area contributed by atoms with Crippen molar-refractivity contribution < 1.29 is 0 Å². The van der Waals surface area contributed by atoms with Crippen LogP contribution in [0.15, 0.2) is 12.3 Å². The Hall–Kier alpha value is -1.29. The van der Waals surface area contributed by atoms with Crippen LogP contribution in [0.25, 0.3) is 11.0 Å². The van der Waals surface area contributed by atoms with Crippen LogP contribution in [0, 0.1) is 0 Å². The van der Waals surface area contributed by atoms with Crippen LogP contribution in [0.2, 0.25) is 5.15 Å². The van der Waals surface area contributed by atoms with Gasteiger partial charge in [0.15, 0.2) is 0 Å². The van der Waals surface area contributed by atoms with Gasteiger partial charge in [0.25, 0.3) is 0 Å². The minimum Gasteiger partial charge on any atom is -0.354 e. The van der Waals surface area contributed by atoms with Crippen LogP contribution in [0.3, 0.4) is 0 Å². The van der Waals surface area contributed by atoms with Gasteiger partial charge in [-0.05, 0) is 19.4 Å². The lowest BCUT2D eigenvalue weighted by molar-refractivity contribution is 0.786.